The van der Waals surface area contributed by atoms with Crippen molar-refractivity contribution in [3.8, 4) is 11.1 Å². The van der Waals surface area contributed by atoms with Crippen molar-refractivity contribution in [3.05, 3.63) is 59.2 Å². The highest BCUT2D eigenvalue weighted by Gasteiger charge is 2.33. The number of benzene rings is 2. The summed E-state index contributed by atoms with van der Waals surface area (Å²) in [5, 5.41) is 0. The molecule has 180 valence electrons. The highest BCUT2D eigenvalue weighted by atomic mass is 19.2. The van der Waals surface area contributed by atoms with E-state index in [-0.39, 0.29) is 17.0 Å². The summed E-state index contributed by atoms with van der Waals surface area (Å²) >= 11 is 0. The summed E-state index contributed by atoms with van der Waals surface area (Å²) < 4.78 is 62.8. The van der Waals surface area contributed by atoms with Crippen molar-refractivity contribution >= 4 is 0 Å². The third kappa shape index (κ3) is 5.62. The molecule has 1 saturated carbocycles. The Hall–Kier alpha value is -1.88. The minimum atomic E-state index is -1.08. The molecule has 0 radical (unpaired) electrons. The van der Waals surface area contributed by atoms with Crippen LogP contribution in [0.25, 0.3) is 11.1 Å². The second kappa shape index (κ2) is 11.0. The lowest BCUT2D eigenvalue weighted by molar-refractivity contribution is -0.0579. The minimum Gasteiger partial charge on any atom is -0.378 e. The van der Waals surface area contributed by atoms with E-state index >= 15 is 0 Å². The third-order valence-corrected chi connectivity index (χ3v) is 7.70. The van der Waals surface area contributed by atoms with Crippen LogP contribution in [0.3, 0.4) is 0 Å². The lowest BCUT2D eigenvalue weighted by Gasteiger charge is -2.38. The predicted molar refractivity (Wildman–Crippen MR) is 123 cm³/mol. The number of hydrogen-bond donors (Lipinski definition) is 0. The van der Waals surface area contributed by atoms with E-state index in [0.29, 0.717) is 23.5 Å². The van der Waals surface area contributed by atoms with E-state index in [1.807, 2.05) is 0 Å². The molecule has 1 nitrogen and oxygen atoms in total. The van der Waals surface area contributed by atoms with Crippen LogP contribution in [-0.4, -0.2) is 12.7 Å². The summed E-state index contributed by atoms with van der Waals surface area (Å²) in [4.78, 5) is 0. The smallest absolute Gasteiger partial charge is 0.166 e. The van der Waals surface area contributed by atoms with Gasteiger partial charge in [0.05, 0.1) is 6.10 Å². The van der Waals surface area contributed by atoms with Crippen LogP contribution in [0, 0.1) is 35.1 Å². The van der Waals surface area contributed by atoms with Gasteiger partial charge in [-0.2, -0.15) is 0 Å². The monoisotopic (exact) mass is 462 g/mol. The van der Waals surface area contributed by atoms with Crippen molar-refractivity contribution in [2.75, 3.05) is 6.61 Å². The van der Waals surface area contributed by atoms with Gasteiger partial charge in [-0.25, -0.2) is 17.6 Å². The molecule has 1 aliphatic carbocycles. The average molecular weight is 463 g/mol. The summed E-state index contributed by atoms with van der Waals surface area (Å²) in [6.07, 6.45) is 11.3. The maximum absolute atomic E-state index is 15.0. The third-order valence-electron chi connectivity index (χ3n) is 7.70. The number of ether oxygens (including phenoxy) is 1. The van der Waals surface area contributed by atoms with Crippen LogP contribution in [0.15, 0.2) is 30.3 Å². The fourth-order valence-electron chi connectivity index (χ4n) is 5.68. The molecule has 1 aliphatic heterocycles. The summed E-state index contributed by atoms with van der Waals surface area (Å²) in [7, 11) is 0. The molecular formula is C28H34F4O. The lowest BCUT2D eigenvalue weighted by Crippen LogP contribution is -2.34. The van der Waals surface area contributed by atoms with Gasteiger partial charge in [0.15, 0.2) is 23.3 Å². The Labute approximate surface area is 194 Å². The SMILES string of the molecule is CCCCCC1CCC(C2CCC(c3ccc(-c4ccc(F)c(F)c4)c(F)c3F)CC2)OC1. The van der Waals surface area contributed by atoms with Crippen LogP contribution < -0.4 is 0 Å². The van der Waals surface area contributed by atoms with Crippen LogP contribution in [0.4, 0.5) is 17.6 Å². The van der Waals surface area contributed by atoms with E-state index in [9.17, 15) is 17.6 Å². The van der Waals surface area contributed by atoms with Gasteiger partial charge in [0, 0.05) is 12.2 Å². The Morgan fingerprint density at radius 2 is 1.61 bits per heavy atom. The second-order valence-electron chi connectivity index (χ2n) is 9.88. The zero-order valence-corrected chi connectivity index (χ0v) is 19.4. The molecule has 0 amide bonds. The molecule has 1 saturated heterocycles. The van der Waals surface area contributed by atoms with Gasteiger partial charge >= 0.3 is 0 Å². The number of rotatable bonds is 7. The molecule has 0 aromatic heterocycles. The summed E-state index contributed by atoms with van der Waals surface area (Å²) in [6, 6.07) is 6.18. The van der Waals surface area contributed by atoms with Crippen LogP contribution >= 0.6 is 0 Å². The Morgan fingerprint density at radius 1 is 0.818 bits per heavy atom. The summed E-state index contributed by atoms with van der Waals surface area (Å²) in [6.45, 7) is 3.09. The molecule has 1 heterocycles. The first kappa shape index (κ1) is 24.3. The fourth-order valence-corrected chi connectivity index (χ4v) is 5.68. The molecule has 0 spiro atoms. The van der Waals surface area contributed by atoms with E-state index in [4.69, 9.17) is 4.74 Å². The van der Waals surface area contributed by atoms with Crippen molar-refractivity contribution in [1.29, 1.82) is 0 Å². The van der Waals surface area contributed by atoms with Gasteiger partial charge < -0.3 is 4.74 Å². The van der Waals surface area contributed by atoms with Crippen molar-refractivity contribution in [2.24, 2.45) is 11.8 Å². The molecule has 2 atom stereocenters. The molecule has 33 heavy (non-hydrogen) atoms. The molecule has 2 aromatic rings. The van der Waals surface area contributed by atoms with E-state index in [1.165, 1.54) is 44.2 Å². The lowest BCUT2D eigenvalue weighted by atomic mass is 9.74. The first-order valence-corrected chi connectivity index (χ1v) is 12.5. The maximum atomic E-state index is 15.0. The first-order valence-electron chi connectivity index (χ1n) is 12.5. The maximum Gasteiger partial charge on any atom is 0.166 e. The Bertz CT molecular complexity index is 928. The highest BCUT2D eigenvalue weighted by molar-refractivity contribution is 5.65. The normalized spacial score (nSPS) is 25.8. The molecule has 0 bridgehead atoms. The zero-order valence-electron chi connectivity index (χ0n) is 19.4. The van der Waals surface area contributed by atoms with Crippen LogP contribution in [0.2, 0.25) is 0 Å². The minimum absolute atomic E-state index is 0.0277. The fraction of sp³-hybridized carbons (Fsp3) is 0.571. The number of hydrogen-bond acceptors (Lipinski definition) is 1. The van der Waals surface area contributed by atoms with Crippen molar-refractivity contribution in [3.63, 3.8) is 0 Å². The highest BCUT2D eigenvalue weighted by Crippen LogP contribution is 2.42. The molecular weight excluding hydrogens is 428 g/mol. The molecule has 4 rings (SSSR count). The van der Waals surface area contributed by atoms with Gasteiger partial charge in [-0.05, 0) is 86.0 Å². The molecule has 2 unspecified atom stereocenters. The Morgan fingerprint density at radius 3 is 2.27 bits per heavy atom. The van der Waals surface area contributed by atoms with Gasteiger partial charge in [0.25, 0.3) is 0 Å². The molecule has 5 heteroatoms. The van der Waals surface area contributed by atoms with Gasteiger partial charge in [0.1, 0.15) is 0 Å². The molecule has 2 fully saturated rings. The zero-order chi connectivity index (χ0) is 23.4. The molecule has 0 N–H and O–H groups in total. The predicted octanol–water partition coefficient (Wildman–Crippen LogP) is 8.56. The Balaban J connectivity index is 1.34. The van der Waals surface area contributed by atoms with E-state index in [1.54, 1.807) is 6.07 Å². The summed E-state index contributed by atoms with van der Waals surface area (Å²) in [5.41, 5.74) is 0.466. The Kier molecular flexibility index (Phi) is 8.11. The standard InChI is InChI=1S/C28H34F4O/c1-2-3-4-5-18-6-15-26(33-17-18)20-9-7-19(8-10-20)22-12-13-23(28(32)27(22)31)21-11-14-24(29)25(30)16-21/h11-14,16,18-20,26H,2-10,15,17H2,1H3. The quantitative estimate of drug-likeness (QED) is 0.296. The summed E-state index contributed by atoms with van der Waals surface area (Å²) in [5.74, 6) is -2.80. The van der Waals surface area contributed by atoms with Gasteiger partial charge in [-0.15, -0.1) is 0 Å². The van der Waals surface area contributed by atoms with Crippen molar-refractivity contribution < 1.29 is 22.3 Å². The molecule has 2 aromatic carbocycles. The van der Waals surface area contributed by atoms with Gasteiger partial charge in [-0.1, -0.05) is 44.4 Å². The van der Waals surface area contributed by atoms with Crippen molar-refractivity contribution in [1.82, 2.24) is 0 Å². The van der Waals surface area contributed by atoms with E-state index in [0.717, 1.165) is 50.8 Å². The number of halogens is 4. The van der Waals surface area contributed by atoms with Crippen LogP contribution in [0.5, 0.6) is 0 Å². The van der Waals surface area contributed by atoms with E-state index < -0.39 is 23.3 Å². The largest absolute Gasteiger partial charge is 0.378 e. The van der Waals surface area contributed by atoms with Crippen molar-refractivity contribution in [2.45, 2.75) is 83.2 Å². The van der Waals surface area contributed by atoms with Crippen LogP contribution in [-0.2, 0) is 4.74 Å². The topological polar surface area (TPSA) is 9.23 Å². The van der Waals surface area contributed by atoms with Gasteiger partial charge in [0.2, 0.25) is 0 Å². The van der Waals surface area contributed by atoms with Gasteiger partial charge in [-0.3, -0.25) is 0 Å². The van der Waals surface area contributed by atoms with E-state index in [2.05, 4.69) is 6.92 Å². The first-order chi connectivity index (χ1) is 16.0. The van der Waals surface area contributed by atoms with Crippen LogP contribution in [0.1, 0.15) is 82.6 Å². The molecule has 2 aliphatic rings. The second-order valence-corrected chi connectivity index (χ2v) is 9.88. The number of unbranched alkanes of at least 4 members (excludes halogenated alkanes) is 2. The average Bonchev–Trinajstić information content (AvgIpc) is 2.83.